The molecule has 160 valence electrons. The Balaban J connectivity index is 2.02. The molecule has 0 spiro atoms. The standard InChI is InChI=1S/C25H25BrN2O3/c26-18-24(30)28(19-23(27)29)16-17-31-25(20-10-4-1-5-11-20,21-12-6-2-7-13-21)22-14-8-3-9-15-22/h1-15H,16-19H2,(H2,27,29). The van der Waals surface area contributed by atoms with Crippen LogP contribution in [0.15, 0.2) is 91.0 Å². The summed E-state index contributed by atoms with van der Waals surface area (Å²) in [6.07, 6.45) is 0. The normalized spacial score (nSPS) is 11.1. The van der Waals surface area contributed by atoms with E-state index < -0.39 is 11.5 Å². The van der Waals surface area contributed by atoms with E-state index in [4.69, 9.17) is 10.5 Å². The van der Waals surface area contributed by atoms with E-state index in [1.807, 2.05) is 91.0 Å². The number of carbonyl (C=O) groups is 2. The second-order valence-corrected chi connectivity index (χ2v) is 7.60. The average molecular weight is 481 g/mol. The van der Waals surface area contributed by atoms with E-state index in [-0.39, 0.29) is 30.9 Å². The number of benzene rings is 3. The van der Waals surface area contributed by atoms with E-state index in [1.165, 1.54) is 4.90 Å². The molecule has 0 aromatic heterocycles. The highest BCUT2D eigenvalue weighted by atomic mass is 79.9. The monoisotopic (exact) mass is 480 g/mol. The van der Waals surface area contributed by atoms with Gasteiger partial charge < -0.3 is 15.4 Å². The zero-order valence-corrected chi connectivity index (χ0v) is 18.7. The summed E-state index contributed by atoms with van der Waals surface area (Å²) in [7, 11) is 0. The molecule has 0 radical (unpaired) electrons. The van der Waals surface area contributed by atoms with Gasteiger partial charge in [0, 0.05) is 6.54 Å². The number of hydrogen-bond acceptors (Lipinski definition) is 3. The van der Waals surface area contributed by atoms with Crippen molar-refractivity contribution >= 4 is 27.7 Å². The fourth-order valence-corrected chi connectivity index (χ4v) is 4.00. The molecular weight excluding hydrogens is 456 g/mol. The van der Waals surface area contributed by atoms with Crippen molar-refractivity contribution in [3.05, 3.63) is 108 Å². The van der Waals surface area contributed by atoms with Crippen LogP contribution in [0.1, 0.15) is 16.7 Å². The number of alkyl halides is 1. The van der Waals surface area contributed by atoms with E-state index in [0.717, 1.165) is 16.7 Å². The first-order valence-corrected chi connectivity index (χ1v) is 11.1. The van der Waals surface area contributed by atoms with Crippen LogP contribution in [0, 0.1) is 0 Å². The van der Waals surface area contributed by atoms with Gasteiger partial charge in [-0.05, 0) is 16.7 Å². The zero-order valence-electron chi connectivity index (χ0n) is 17.1. The Morgan fingerprint density at radius 1 is 0.806 bits per heavy atom. The fourth-order valence-electron chi connectivity index (χ4n) is 3.64. The molecule has 2 N–H and O–H groups in total. The molecule has 2 amide bonds. The topological polar surface area (TPSA) is 72.6 Å². The van der Waals surface area contributed by atoms with Crippen LogP contribution in [-0.4, -0.2) is 41.7 Å². The predicted octanol–water partition coefficient (Wildman–Crippen LogP) is 3.70. The highest BCUT2D eigenvalue weighted by Gasteiger charge is 2.37. The van der Waals surface area contributed by atoms with Crippen molar-refractivity contribution in [2.45, 2.75) is 5.60 Å². The number of rotatable bonds is 10. The Labute approximate surface area is 191 Å². The molecular formula is C25H25BrN2O3. The van der Waals surface area contributed by atoms with Gasteiger partial charge in [-0.25, -0.2) is 0 Å². The first-order valence-electron chi connectivity index (χ1n) is 10.0. The molecule has 6 heteroatoms. The van der Waals surface area contributed by atoms with Crippen LogP contribution < -0.4 is 5.73 Å². The van der Waals surface area contributed by atoms with Crippen LogP contribution >= 0.6 is 15.9 Å². The summed E-state index contributed by atoms with van der Waals surface area (Å²) in [5, 5.41) is 0.113. The summed E-state index contributed by atoms with van der Waals surface area (Å²) in [5.74, 6) is -0.776. The number of amides is 2. The summed E-state index contributed by atoms with van der Waals surface area (Å²) in [4.78, 5) is 25.1. The third kappa shape index (κ3) is 5.40. The van der Waals surface area contributed by atoms with E-state index >= 15 is 0 Å². The van der Waals surface area contributed by atoms with Crippen LogP contribution in [0.5, 0.6) is 0 Å². The summed E-state index contributed by atoms with van der Waals surface area (Å²) in [5.41, 5.74) is 7.37. The molecule has 0 aliphatic rings. The fraction of sp³-hybridized carbons (Fsp3) is 0.200. The van der Waals surface area contributed by atoms with Crippen molar-refractivity contribution in [3.63, 3.8) is 0 Å². The van der Waals surface area contributed by atoms with Crippen LogP contribution in [0.4, 0.5) is 0 Å². The summed E-state index contributed by atoms with van der Waals surface area (Å²) in [6.45, 7) is 0.301. The van der Waals surface area contributed by atoms with Crippen molar-refractivity contribution in [2.24, 2.45) is 5.73 Å². The molecule has 0 heterocycles. The van der Waals surface area contributed by atoms with Crippen molar-refractivity contribution in [3.8, 4) is 0 Å². The molecule has 3 rings (SSSR count). The number of carbonyl (C=O) groups excluding carboxylic acids is 2. The van der Waals surface area contributed by atoms with E-state index in [9.17, 15) is 9.59 Å². The number of halogens is 1. The van der Waals surface area contributed by atoms with E-state index in [2.05, 4.69) is 15.9 Å². The van der Waals surface area contributed by atoms with Crippen LogP contribution in [0.2, 0.25) is 0 Å². The number of primary amides is 1. The molecule has 3 aromatic rings. The van der Waals surface area contributed by atoms with Crippen molar-refractivity contribution in [1.29, 1.82) is 0 Å². The minimum absolute atomic E-state index is 0.113. The van der Waals surface area contributed by atoms with Crippen LogP contribution in [0.3, 0.4) is 0 Å². The number of nitrogens with zero attached hydrogens (tertiary/aromatic N) is 1. The Kier molecular flexibility index (Phi) is 7.98. The molecule has 0 aliphatic heterocycles. The van der Waals surface area contributed by atoms with E-state index in [0.29, 0.717) is 0 Å². The molecule has 31 heavy (non-hydrogen) atoms. The van der Waals surface area contributed by atoms with Gasteiger partial charge >= 0.3 is 0 Å². The highest BCUT2D eigenvalue weighted by Crippen LogP contribution is 2.40. The van der Waals surface area contributed by atoms with Gasteiger partial charge in [0.2, 0.25) is 11.8 Å². The van der Waals surface area contributed by atoms with Crippen LogP contribution in [-0.2, 0) is 19.9 Å². The van der Waals surface area contributed by atoms with Gasteiger partial charge in [0.05, 0.1) is 18.5 Å². The van der Waals surface area contributed by atoms with E-state index in [1.54, 1.807) is 0 Å². The Morgan fingerprint density at radius 2 is 1.23 bits per heavy atom. The lowest BCUT2D eigenvalue weighted by atomic mass is 9.80. The van der Waals surface area contributed by atoms with Gasteiger partial charge in [0.25, 0.3) is 0 Å². The lowest BCUT2D eigenvalue weighted by Crippen LogP contribution is -2.42. The molecule has 3 aromatic carbocycles. The number of ether oxygens (including phenoxy) is 1. The summed E-state index contributed by atoms with van der Waals surface area (Å²) >= 11 is 3.16. The van der Waals surface area contributed by atoms with Crippen molar-refractivity contribution < 1.29 is 14.3 Å². The molecule has 0 saturated carbocycles. The highest BCUT2D eigenvalue weighted by molar-refractivity contribution is 9.09. The first-order chi connectivity index (χ1) is 15.1. The lowest BCUT2D eigenvalue weighted by molar-refractivity contribution is -0.134. The number of nitrogens with two attached hydrogens (primary N) is 1. The van der Waals surface area contributed by atoms with Crippen molar-refractivity contribution in [2.75, 3.05) is 25.0 Å². The van der Waals surface area contributed by atoms with Gasteiger partial charge in [0.15, 0.2) is 0 Å². The molecule has 0 unspecified atom stereocenters. The van der Waals surface area contributed by atoms with Gasteiger partial charge in [0.1, 0.15) is 5.60 Å². The smallest absolute Gasteiger partial charge is 0.237 e. The van der Waals surface area contributed by atoms with Crippen molar-refractivity contribution in [1.82, 2.24) is 4.90 Å². The predicted molar refractivity (Wildman–Crippen MR) is 125 cm³/mol. The maximum atomic E-state index is 12.2. The Morgan fingerprint density at radius 3 is 1.58 bits per heavy atom. The average Bonchev–Trinajstić information content (AvgIpc) is 2.82. The molecule has 0 fully saturated rings. The van der Waals surface area contributed by atoms with Gasteiger partial charge in [-0.1, -0.05) is 107 Å². The Hall–Kier alpha value is -2.96. The van der Waals surface area contributed by atoms with Gasteiger partial charge in [-0.3, -0.25) is 9.59 Å². The molecule has 0 bridgehead atoms. The minimum Gasteiger partial charge on any atom is -0.368 e. The third-order valence-electron chi connectivity index (χ3n) is 5.03. The van der Waals surface area contributed by atoms with Crippen LogP contribution in [0.25, 0.3) is 0 Å². The third-order valence-corrected chi connectivity index (χ3v) is 5.51. The number of hydrogen-bond donors (Lipinski definition) is 1. The second kappa shape index (κ2) is 10.9. The lowest BCUT2D eigenvalue weighted by Gasteiger charge is -2.36. The maximum absolute atomic E-state index is 12.2. The molecule has 5 nitrogen and oxygen atoms in total. The maximum Gasteiger partial charge on any atom is 0.237 e. The summed E-state index contributed by atoms with van der Waals surface area (Å²) < 4.78 is 6.63. The first kappa shape index (κ1) is 22.7. The summed E-state index contributed by atoms with van der Waals surface area (Å²) in [6, 6.07) is 30.0. The second-order valence-electron chi connectivity index (χ2n) is 7.04. The SMILES string of the molecule is NC(=O)CN(CCOC(c1ccccc1)(c1ccccc1)c1ccccc1)C(=O)CBr. The van der Waals surface area contributed by atoms with Gasteiger partial charge in [-0.2, -0.15) is 0 Å². The minimum atomic E-state index is -0.875. The largest absolute Gasteiger partial charge is 0.368 e. The Bertz CT molecular complexity index is 885. The molecule has 0 saturated heterocycles. The van der Waals surface area contributed by atoms with Gasteiger partial charge in [-0.15, -0.1) is 0 Å². The molecule has 0 aliphatic carbocycles. The molecule has 0 atom stereocenters. The quantitative estimate of drug-likeness (QED) is 0.355. The zero-order chi connectivity index (χ0) is 22.1.